The van der Waals surface area contributed by atoms with Crippen LogP contribution in [-0.2, 0) is 0 Å². The lowest BCUT2D eigenvalue weighted by molar-refractivity contribution is 1.32. The van der Waals surface area contributed by atoms with E-state index in [-0.39, 0.29) is 0 Å². The van der Waals surface area contributed by atoms with Gasteiger partial charge in [0.1, 0.15) is 0 Å². The molecule has 0 fully saturated rings. The van der Waals surface area contributed by atoms with Crippen LogP contribution in [0.25, 0.3) is 11.1 Å². The quantitative estimate of drug-likeness (QED) is 0.651. The lowest BCUT2D eigenvalue weighted by atomic mass is 9.96. The maximum atomic E-state index is 3.41. The van der Waals surface area contributed by atoms with Crippen LogP contribution in [0.3, 0.4) is 0 Å². The van der Waals surface area contributed by atoms with Gasteiger partial charge in [-0.1, -0.05) is 17.7 Å². The van der Waals surface area contributed by atoms with Crippen LogP contribution >= 0.6 is 8.19 Å². The number of benzene rings is 1. The van der Waals surface area contributed by atoms with Crippen LogP contribution in [0.15, 0.2) is 24.0 Å². The Kier molecular flexibility index (Phi) is 2.48. The lowest BCUT2D eigenvalue weighted by Crippen LogP contribution is -1.88. The molecule has 1 unspecified atom stereocenters. The minimum absolute atomic E-state index is 0.737. The number of hydrogen-bond acceptors (Lipinski definition) is 0. The van der Waals surface area contributed by atoms with Gasteiger partial charge in [0.15, 0.2) is 0 Å². The molecule has 0 N–H and O–H groups in total. The molecular formula is C13H14P. The van der Waals surface area contributed by atoms with Crippen molar-refractivity contribution < 1.29 is 0 Å². The summed E-state index contributed by atoms with van der Waals surface area (Å²) in [6.07, 6.45) is 0. The third kappa shape index (κ3) is 1.63. The molecule has 2 rings (SSSR count). The van der Waals surface area contributed by atoms with Gasteiger partial charge in [0.05, 0.1) is 0 Å². The van der Waals surface area contributed by atoms with E-state index in [9.17, 15) is 0 Å². The highest BCUT2D eigenvalue weighted by atomic mass is 31.0. The zero-order valence-electron chi connectivity index (χ0n) is 8.81. The van der Waals surface area contributed by atoms with E-state index >= 15 is 0 Å². The first-order chi connectivity index (χ1) is 6.68. The maximum Gasteiger partial charge on any atom is 0.0104 e. The summed E-state index contributed by atoms with van der Waals surface area (Å²) in [6, 6.07) is 6.67. The standard InChI is InChI=1S/C13H14P/c1-9-6-10(2)13(11(3)7-9)12-4-5-14-8-12/h4-7,14H,1-3H3. The number of aryl methyl sites for hydroxylation is 3. The van der Waals surface area contributed by atoms with E-state index in [1.807, 2.05) is 0 Å². The third-order valence-electron chi connectivity index (χ3n) is 2.49. The zero-order valence-corrected chi connectivity index (χ0v) is 9.81. The Morgan fingerprint density at radius 1 is 1.07 bits per heavy atom. The Balaban J connectivity index is 2.64. The molecule has 1 aromatic heterocycles. The minimum atomic E-state index is 0.737. The highest BCUT2D eigenvalue weighted by Gasteiger charge is 2.06. The summed E-state index contributed by atoms with van der Waals surface area (Å²) in [5.41, 5.74) is 6.71. The van der Waals surface area contributed by atoms with E-state index in [0.29, 0.717) is 0 Å². The molecule has 0 saturated heterocycles. The Morgan fingerprint density at radius 3 is 2.21 bits per heavy atom. The van der Waals surface area contributed by atoms with Crippen molar-refractivity contribution in [3.8, 4) is 11.1 Å². The highest BCUT2D eigenvalue weighted by molar-refractivity contribution is 7.28. The van der Waals surface area contributed by atoms with Crippen molar-refractivity contribution in [1.82, 2.24) is 0 Å². The van der Waals surface area contributed by atoms with Gasteiger partial charge in [0.2, 0.25) is 0 Å². The number of hydrogen-bond donors (Lipinski definition) is 0. The van der Waals surface area contributed by atoms with E-state index in [2.05, 4.69) is 50.6 Å². The van der Waals surface area contributed by atoms with E-state index in [0.717, 1.165) is 8.19 Å². The molecule has 1 radical (unpaired) electrons. The van der Waals surface area contributed by atoms with Gasteiger partial charge in [-0.2, -0.15) is 0 Å². The summed E-state index contributed by atoms with van der Waals surface area (Å²) < 4.78 is 0. The summed E-state index contributed by atoms with van der Waals surface area (Å²) in [4.78, 5) is 0. The first-order valence-electron chi connectivity index (χ1n) is 4.82. The highest BCUT2D eigenvalue weighted by Crippen LogP contribution is 2.30. The molecule has 0 spiro atoms. The van der Waals surface area contributed by atoms with Gasteiger partial charge in [-0.15, -0.1) is 8.19 Å². The van der Waals surface area contributed by atoms with Crippen molar-refractivity contribution in [3.63, 3.8) is 0 Å². The average Bonchev–Trinajstić information content (AvgIpc) is 2.54. The second kappa shape index (κ2) is 3.63. The van der Waals surface area contributed by atoms with Crippen LogP contribution in [0.1, 0.15) is 16.7 Å². The molecule has 0 bridgehead atoms. The van der Waals surface area contributed by atoms with Crippen LogP contribution in [0.5, 0.6) is 0 Å². The Labute approximate surface area is 87.1 Å². The molecule has 0 nitrogen and oxygen atoms in total. The van der Waals surface area contributed by atoms with Crippen LogP contribution in [0.2, 0.25) is 0 Å². The molecule has 0 aliphatic heterocycles. The summed E-state index contributed by atoms with van der Waals surface area (Å²) >= 11 is 0. The Hall–Kier alpha value is -1.00. The van der Waals surface area contributed by atoms with Gasteiger partial charge in [0, 0.05) is 5.80 Å². The molecule has 0 aliphatic rings. The summed E-state index contributed by atoms with van der Waals surface area (Å²) in [6.45, 7) is 6.51. The zero-order chi connectivity index (χ0) is 10.1. The van der Waals surface area contributed by atoms with Crippen molar-refractivity contribution in [2.75, 3.05) is 0 Å². The summed E-state index contributed by atoms with van der Waals surface area (Å²) in [5.74, 6) is 5.60. The molecule has 2 aromatic rings. The smallest absolute Gasteiger partial charge is 0.0104 e. The molecule has 1 atom stereocenters. The molecule has 0 aliphatic carbocycles. The summed E-state index contributed by atoms with van der Waals surface area (Å²) in [7, 11) is 0.737. The maximum absolute atomic E-state index is 3.41. The largest absolute Gasteiger partial charge is 0.131 e. The van der Waals surface area contributed by atoms with Gasteiger partial charge in [-0.3, -0.25) is 0 Å². The molecule has 71 valence electrons. The fraction of sp³-hybridized carbons (Fsp3) is 0.231. The van der Waals surface area contributed by atoms with Crippen LogP contribution in [0, 0.1) is 26.6 Å². The molecule has 14 heavy (non-hydrogen) atoms. The fourth-order valence-electron chi connectivity index (χ4n) is 2.04. The van der Waals surface area contributed by atoms with E-state index in [1.165, 1.54) is 27.8 Å². The Bertz CT molecular complexity index is 415. The molecule has 1 aromatic carbocycles. The average molecular weight is 201 g/mol. The number of rotatable bonds is 1. The molecular weight excluding hydrogens is 187 g/mol. The van der Waals surface area contributed by atoms with E-state index < -0.39 is 0 Å². The van der Waals surface area contributed by atoms with Crippen molar-refractivity contribution in [1.29, 1.82) is 0 Å². The molecule has 1 heterocycles. The summed E-state index contributed by atoms with van der Waals surface area (Å²) in [5, 5.41) is 0. The molecule has 0 saturated carbocycles. The second-order valence-electron chi connectivity index (χ2n) is 3.79. The molecule has 1 heteroatoms. The van der Waals surface area contributed by atoms with Gasteiger partial charge < -0.3 is 0 Å². The topological polar surface area (TPSA) is 0 Å². The van der Waals surface area contributed by atoms with E-state index in [1.54, 1.807) is 0 Å². The van der Waals surface area contributed by atoms with Crippen molar-refractivity contribution in [2.45, 2.75) is 20.8 Å². The Morgan fingerprint density at radius 2 is 1.71 bits per heavy atom. The normalized spacial score (nSPS) is 11.1. The van der Waals surface area contributed by atoms with Gasteiger partial charge in [0.25, 0.3) is 0 Å². The first-order valence-corrected chi connectivity index (χ1v) is 5.89. The SMILES string of the molecule is Cc1cc(C)c(-c2[c][pH]cc2)c(C)c1. The lowest BCUT2D eigenvalue weighted by Gasteiger charge is -2.09. The minimum Gasteiger partial charge on any atom is -0.131 e. The van der Waals surface area contributed by atoms with E-state index in [4.69, 9.17) is 0 Å². The monoisotopic (exact) mass is 201 g/mol. The van der Waals surface area contributed by atoms with Gasteiger partial charge in [-0.25, -0.2) is 0 Å². The predicted molar refractivity (Wildman–Crippen MR) is 64.4 cm³/mol. The van der Waals surface area contributed by atoms with Crippen LogP contribution in [-0.4, -0.2) is 0 Å². The van der Waals surface area contributed by atoms with Crippen molar-refractivity contribution in [3.05, 3.63) is 46.5 Å². The fourth-order valence-corrected chi connectivity index (χ4v) is 2.73. The van der Waals surface area contributed by atoms with Gasteiger partial charge >= 0.3 is 0 Å². The third-order valence-corrected chi connectivity index (χ3v) is 3.23. The molecule has 0 amide bonds. The first kappa shape index (κ1) is 9.55. The van der Waals surface area contributed by atoms with Crippen molar-refractivity contribution in [2.24, 2.45) is 0 Å². The predicted octanol–water partition coefficient (Wildman–Crippen LogP) is 4.11. The van der Waals surface area contributed by atoms with Crippen LogP contribution in [0.4, 0.5) is 0 Å². The van der Waals surface area contributed by atoms with Crippen LogP contribution < -0.4 is 0 Å². The van der Waals surface area contributed by atoms with Crippen molar-refractivity contribution >= 4 is 8.19 Å². The second-order valence-corrected chi connectivity index (χ2v) is 4.66. The van der Waals surface area contributed by atoms with Gasteiger partial charge in [-0.05, 0) is 54.9 Å².